The zero-order chi connectivity index (χ0) is 18.7. The minimum Gasteiger partial charge on any atom is -0.508 e. The third-order valence-corrected chi connectivity index (χ3v) is 4.61. The number of unbranched alkanes of at least 4 members (excludes halogenated alkanes) is 2. The highest BCUT2D eigenvalue weighted by molar-refractivity contribution is 5.35. The van der Waals surface area contributed by atoms with Crippen LogP contribution in [0.5, 0.6) is 5.75 Å². The number of aromatic hydroxyl groups is 1. The number of nitrogens with one attached hydrogen (secondary N) is 1. The number of benzene rings is 1. The first kappa shape index (κ1) is 21.9. The van der Waals surface area contributed by atoms with Crippen molar-refractivity contribution in [1.29, 1.82) is 0 Å². The second-order valence-corrected chi connectivity index (χ2v) is 7.54. The Morgan fingerprint density at radius 2 is 1.88 bits per heavy atom. The molecule has 2 unspecified atom stereocenters. The Morgan fingerprint density at radius 1 is 1.12 bits per heavy atom. The maximum Gasteiger partial charge on any atom is 0.121 e. The highest BCUT2D eigenvalue weighted by Gasteiger charge is 2.15. The molecule has 1 aromatic rings. The molecule has 4 heteroatoms. The predicted octanol–water partition coefficient (Wildman–Crippen LogP) is 3.76. The van der Waals surface area contributed by atoms with Gasteiger partial charge in [0.2, 0.25) is 0 Å². The fourth-order valence-corrected chi connectivity index (χ4v) is 3.04. The molecular weight excluding hydrogens is 314 g/mol. The third kappa shape index (κ3) is 9.24. The molecule has 25 heavy (non-hydrogen) atoms. The van der Waals surface area contributed by atoms with Gasteiger partial charge in [-0.15, -0.1) is 0 Å². The van der Waals surface area contributed by atoms with Crippen molar-refractivity contribution in [3.05, 3.63) is 29.3 Å². The SMILES string of the molecule is CCCCCC(O)CC(CCc1ccc(O)c(CO)c1)NCC(C)C. The summed E-state index contributed by atoms with van der Waals surface area (Å²) in [4.78, 5) is 0. The molecule has 4 nitrogen and oxygen atoms in total. The normalized spacial score (nSPS) is 14.0. The summed E-state index contributed by atoms with van der Waals surface area (Å²) >= 11 is 0. The Balaban J connectivity index is 2.57. The second kappa shape index (κ2) is 12.3. The zero-order valence-corrected chi connectivity index (χ0v) is 16.2. The molecule has 0 amide bonds. The van der Waals surface area contributed by atoms with Gasteiger partial charge in [0.15, 0.2) is 0 Å². The van der Waals surface area contributed by atoms with Gasteiger partial charge in [0.1, 0.15) is 5.75 Å². The summed E-state index contributed by atoms with van der Waals surface area (Å²) in [6.07, 6.45) is 6.66. The number of aliphatic hydroxyl groups excluding tert-OH is 2. The molecule has 0 saturated carbocycles. The summed E-state index contributed by atoms with van der Waals surface area (Å²) < 4.78 is 0. The van der Waals surface area contributed by atoms with Crippen LogP contribution in [0.2, 0.25) is 0 Å². The van der Waals surface area contributed by atoms with Gasteiger partial charge in [-0.1, -0.05) is 46.1 Å². The standard InChI is InChI=1S/C21H37NO3/c1-4-5-6-7-20(24)13-19(22-14-16(2)3)10-8-17-9-11-21(25)18(12-17)15-23/h9,11-12,16,19-20,22-25H,4-8,10,13-15H2,1-3H3. The summed E-state index contributed by atoms with van der Waals surface area (Å²) in [5.74, 6) is 0.724. The van der Waals surface area contributed by atoms with Crippen LogP contribution in [0.25, 0.3) is 0 Å². The minimum atomic E-state index is -0.246. The van der Waals surface area contributed by atoms with Crippen molar-refractivity contribution in [3.63, 3.8) is 0 Å². The number of aryl methyl sites for hydroxylation is 1. The number of phenols is 1. The zero-order valence-electron chi connectivity index (χ0n) is 16.2. The van der Waals surface area contributed by atoms with Crippen LogP contribution in [0, 0.1) is 5.92 Å². The average molecular weight is 352 g/mol. The Morgan fingerprint density at radius 3 is 2.52 bits per heavy atom. The van der Waals surface area contributed by atoms with Gasteiger partial charge in [0.25, 0.3) is 0 Å². The Kier molecular flexibility index (Phi) is 10.8. The Bertz CT molecular complexity index is 476. The summed E-state index contributed by atoms with van der Waals surface area (Å²) in [5, 5.41) is 32.9. The van der Waals surface area contributed by atoms with Crippen LogP contribution in [0.3, 0.4) is 0 Å². The molecule has 0 saturated heterocycles. The van der Waals surface area contributed by atoms with Gasteiger partial charge in [-0.3, -0.25) is 0 Å². The average Bonchev–Trinajstić information content (AvgIpc) is 2.58. The van der Waals surface area contributed by atoms with Gasteiger partial charge in [0.05, 0.1) is 12.7 Å². The van der Waals surface area contributed by atoms with E-state index in [-0.39, 0.29) is 24.5 Å². The van der Waals surface area contributed by atoms with Gasteiger partial charge in [-0.25, -0.2) is 0 Å². The molecule has 0 bridgehead atoms. The van der Waals surface area contributed by atoms with Crippen LogP contribution in [-0.2, 0) is 13.0 Å². The molecule has 0 aromatic heterocycles. The molecule has 1 rings (SSSR count). The van der Waals surface area contributed by atoms with Gasteiger partial charge in [0, 0.05) is 11.6 Å². The first-order chi connectivity index (χ1) is 12.0. The largest absolute Gasteiger partial charge is 0.508 e. The van der Waals surface area contributed by atoms with Crippen LogP contribution in [0.4, 0.5) is 0 Å². The first-order valence-corrected chi connectivity index (χ1v) is 9.79. The van der Waals surface area contributed by atoms with Crippen molar-refractivity contribution < 1.29 is 15.3 Å². The first-order valence-electron chi connectivity index (χ1n) is 9.79. The monoisotopic (exact) mass is 351 g/mol. The van der Waals surface area contributed by atoms with Gasteiger partial charge >= 0.3 is 0 Å². The molecule has 0 aliphatic carbocycles. The minimum absolute atomic E-state index is 0.145. The van der Waals surface area contributed by atoms with Crippen molar-refractivity contribution in [2.75, 3.05) is 6.54 Å². The van der Waals surface area contributed by atoms with E-state index in [4.69, 9.17) is 0 Å². The molecule has 2 atom stereocenters. The van der Waals surface area contributed by atoms with Crippen LogP contribution in [-0.4, -0.2) is 34.0 Å². The van der Waals surface area contributed by atoms with Gasteiger partial charge in [-0.2, -0.15) is 0 Å². The van der Waals surface area contributed by atoms with Crippen LogP contribution < -0.4 is 5.32 Å². The van der Waals surface area contributed by atoms with E-state index in [1.54, 1.807) is 6.07 Å². The molecule has 4 N–H and O–H groups in total. The van der Waals surface area contributed by atoms with Crippen molar-refractivity contribution in [2.24, 2.45) is 5.92 Å². The van der Waals surface area contributed by atoms with Gasteiger partial charge < -0.3 is 20.6 Å². The topological polar surface area (TPSA) is 72.7 Å². The van der Waals surface area contributed by atoms with Crippen LogP contribution in [0.1, 0.15) is 70.4 Å². The molecule has 0 aliphatic heterocycles. The maximum absolute atomic E-state index is 10.3. The molecule has 1 aromatic carbocycles. The van der Waals surface area contributed by atoms with E-state index >= 15 is 0 Å². The number of aliphatic hydroxyl groups is 2. The number of hydrogen-bond donors (Lipinski definition) is 4. The van der Waals surface area contributed by atoms with E-state index in [1.807, 2.05) is 12.1 Å². The summed E-state index contributed by atoms with van der Waals surface area (Å²) in [6.45, 7) is 7.36. The molecule has 144 valence electrons. The van der Waals surface area contributed by atoms with Crippen LogP contribution >= 0.6 is 0 Å². The number of hydrogen-bond acceptors (Lipinski definition) is 4. The molecular formula is C21H37NO3. The summed E-state index contributed by atoms with van der Waals surface area (Å²) in [6, 6.07) is 5.71. The van der Waals surface area contributed by atoms with Crippen molar-refractivity contribution in [1.82, 2.24) is 5.32 Å². The van der Waals surface area contributed by atoms with E-state index in [0.717, 1.165) is 44.2 Å². The summed E-state index contributed by atoms with van der Waals surface area (Å²) in [7, 11) is 0. The Labute approximate surface area is 153 Å². The van der Waals surface area contributed by atoms with E-state index in [1.165, 1.54) is 12.8 Å². The second-order valence-electron chi connectivity index (χ2n) is 7.54. The fraction of sp³-hybridized carbons (Fsp3) is 0.714. The lowest BCUT2D eigenvalue weighted by molar-refractivity contribution is 0.134. The van der Waals surface area contributed by atoms with E-state index in [2.05, 4.69) is 26.1 Å². The summed E-state index contributed by atoms with van der Waals surface area (Å²) in [5.41, 5.74) is 1.68. The van der Waals surface area contributed by atoms with Crippen molar-refractivity contribution >= 4 is 0 Å². The number of rotatable bonds is 13. The third-order valence-electron chi connectivity index (χ3n) is 4.61. The molecule has 0 radical (unpaired) electrons. The molecule has 0 fully saturated rings. The van der Waals surface area contributed by atoms with E-state index in [9.17, 15) is 15.3 Å². The highest BCUT2D eigenvalue weighted by Crippen LogP contribution is 2.20. The van der Waals surface area contributed by atoms with Gasteiger partial charge in [-0.05, 0) is 55.8 Å². The van der Waals surface area contributed by atoms with Crippen molar-refractivity contribution in [3.8, 4) is 5.75 Å². The van der Waals surface area contributed by atoms with E-state index in [0.29, 0.717) is 11.5 Å². The lowest BCUT2D eigenvalue weighted by atomic mass is 9.96. The molecule has 0 spiro atoms. The smallest absolute Gasteiger partial charge is 0.121 e. The predicted molar refractivity (Wildman–Crippen MR) is 104 cm³/mol. The quantitative estimate of drug-likeness (QED) is 0.408. The fourth-order valence-electron chi connectivity index (χ4n) is 3.04. The molecule has 0 aliphatic rings. The van der Waals surface area contributed by atoms with Crippen molar-refractivity contribution in [2.45, 2.75) is 84.5 Å². The van der Waals surface area contributed by atoms with Crippen LogP contribution in [0.15, 0.2) is 18.2 Å². The highest BCUT2D eigenvalue weighted by atomic mass is 16.3. The maximum atomic E-state index is 10.3. The lowest BCUT2D eigenvalue weighted by Gasteiger charge is -2.23. The lowest BCUT2D eigenvalue weighted by Crippen LogP contribution is -2.35. The Hall–Kier alpha value is -1.10. The molecule has 0 heterocycles. The van der Waals surface area contributed by atoms with E-state index < -0.39 is 0 Å².